The van der Waals surface area contributed by atoms with Gasteiger partial charge >= 0.3 is 6.18 Å². The topological polar surface area (TPSA) is 18.5 Å². The van der Waals surface area contributed by atoms with Crippen LogP contribution in [0.15, 0.2) is 42.5 Å². The number of hydrogen-bond donors (Lipinski definition) is 0. The van der Waals surface area contributed by atoms with Gasteiger partial charge in [-0.3, -0.25) is 0 Å². The maximum Gasteiger partial charge on any atom is 0.416 e. The van der Waals surface area contributed by atoms with E-state index in [1.807, 2.05) is 31.2 Å². The minimum atomic E-state index is -4.40. The van der Waals surface area contributed by atoms with Crippen LogP contribution in [0.4, 0.5) is 13.2 Å². The predicted molar refractivity (Wildman–Crippen MR) is 104 cm³/mol. The molecule has 2 nitrogen and oxygen atoms in total. The Balaban J connectivity index is 2.01. The van der Waals surface area contributed by atoms with E-state index in [0.29, 0.717) is 17.7 Å². The summed E-state index contributed by atoms with van der Waals surface area (Å²) in [5.41, 5.74) is 3.61. The van der Waals surface area contributed by atoms with Crippen LogP contribution >= 0.6 is 0 Å². The van der Waals surface area contributed by atoms with Crippen LogP contribution in [0.2, 0.25) is 0 Å². The summed E-state index contributed by atoms with van der Waals surface area (Å²) in [5, 5.41) is 1.28. The first-order valence-electron chi connectivity index (χ1n) is 9.39. The van der Waals surface area contributed by atoms with E-state index < -0.39 is 11.7 Å². The molecule has 0 heterocycles. The number of hydrogen-bond acceptors (Lipinski definition) is 2. The van der Waals surface area contributed by atoms with E-state index in [1.54, 1.807) is 13.2 Å². The third-order valence-electron chi connectivity index (χ3n) is 5.22. The predicted octanol–water partition coefficient (Wildman–Crippen LogP) is 6.42. The lowest BCUT2D eigenvalue weighted by atomic mass is 9.82. The minimum absolute atomic E-state index is 0.467. The van der Waals surface area contributed by atoms with Gasteiger partial charge in [-0.15, -0.1) is 0 Å². The smallest absolute Gasteiger partial charge is 0.416 e. The van der Waals surface area contributed by atoms with Crippen LogP contribution in [-0.4, -0.2) is 13.7 Å². The average molecular weight is 386 g/mol. The van der Waals surface area contributed by atoms with Crippen molar-refractivity contribution >= 4 is 10.8 Å². The second-order valence-electron chi connectivity index (χ2n) is 7.04. The molecule has 0 spiro atoms. The molecule has 0 aliphatic heterocycles. The van der Waals surface area contributed by atoms with Gasteiger partial charge in [0.1, 0.15) is 11.5 Å². The normalized spacial score (nSPS) is 13.2. The summed E-state index contributed by atoms with van der Waals surface area (Å²) in [7, 11) is 1.61. The number of benzene rings is 3. The van der Waals surface area contributed by atoms with Crippen molar-refractivity contribution in [1.29, 1.82) is 0 Å². The van der Waals surface area contributed by atoms with Crippen LogP contribution in [-0.2, 0) is 19.0 Å². The molecule has 0 atom stereocenters. The van der Waals surface area contributed by atoms with Crippen molar-refractivity contribution in [3.63, 3.8) is 0 Å². The molecular weight excluding hydrogens is 365 g/mol. The molecule has 0 saturated carbocycles. The molecule has 1 aliphatic rings. The minimum Gasteiger partial charge on any atom is -0.497 e. The monoisotopic (exact) mass is 386 g/mol. The summed E-state index contributed by atoms with van der Waals surface area (Å²) < 4.78 is 51.2. The lowest BCUT2D eigenvalue weighted by molar-refractivity contribution is -0.137. The van der Waals surface area contributed by atoms with Crippen molar-refractivity contribution in [2.24, 2.45) is 0 Å². The lowest BCUT2D eigenvalue weighted by Gasteiger charge is -2.24. The molecule has 0 aromatic heterocycles. The molecule has 0 radical (unpaired) electrons. The number of aryl methyl sites for hydroxylation is 2. The van der Waals surface area contributed by atoms with Crippen molar-refractivity contribution in [1.82, 2.24) is 0 Å². The van der Waals surface area contributed by atoms with E-state index in [-0.39, 0.29) is 0 Å². The van der Waals surface area contributed by atoms with Crippen molar-refractivity contribution in [3.05, 3.63) is 59.2 Å². The highest BCUT2D eigenvalue weighted by Crippen LogP contribution is 2.45. The van der Waals surface area contributed by atoms with Gasteiger partial charge in [-0.05, 0) is 77.2 Å². The molecule has 0 amide bonds. The third kappa shape index (κ3) is 3.19. The second-order valence-corrected chi connectivity index (χ2v) is 7.04. The van der Waals surface area contributed by atoms with E-state index in [2.05, 4.69) is 0 Å². The Kier molecular flexibility index (Phi) is 4.69. The van der Waals surface area contributed by atoms with E-state index in [1.165, 1.54) is 11.6 Å². The van der Waals surface area contributed by atoms with Gasteiger partial charge in [0, 0.05) is 5.39 Å². The highest BCUT2D eigenvalue weighted by atomic mass is 19.4. The Labute approximate surface area is 161 Å². The van der Waals surface area contributed by atoms with E-state index in [4.69, 9.17) is 9.47 Å². The SMILES string of the molecule is CCCOc1cc2c(c3ccc(C(F)(F)F)cc13)-c1cc(OC)ccc1CC2. The zero-order chi connectivity index (χ0) is 19.9. The zero-order valence-electron chi connectivity index (χ0n) is 15.8. The van der Waals surface area contributed by atoms with Gasteiger partial charge in [-0.1, -0.05) is 19.1 Å². The molecule has 0 unspecified atom stereocenters. The first-order chi connectivity index (χ1) is 13.4. The second kappa shape index (κ2) is 7.04. The molecule has 3 aromatic carbocycles. The maximum absolute atomic E-state index is 13.3. The molecule has 0 bridgehead atoms. The number of ether oxygens (including phenoxy) is 2. The van der Waals surface area contributed by atoms with Crippen molar-refractivity contribution in [2.75, 3.05) is 13.7 Å². The molecule has 1 aliphatic carbocycles. The fourth-order valence-corrected chi connectivity index (χ4v) is 3.87. The number of methoxy groups -OCH3 is 1. The van der Waals surface area contributed by atoms with Crippen LogP contribution in [0.1, 0.15) is 30.0 Å². The summed E-state index contributed by atoms with van der Waals surface area (Å²) in [6.45, 7) is 2.44. The maximum atomic E-state index is 13.3. The van der Waals surface area contributed by atoms with Gasteiger partial charge in [-0.2, -0.15) is 13.2 Å². The highest BCUT2D eigenvalue weighted by Gasteiger charge is 2.31. The Morgan fingerprint density at radius 3 is 2.43 bits per heavy atom. The van der Waals surface area contributed by atoms with Crippen LogP contribution in [0.5, 0.6) is 11.5 Å². The summed E-state index contributed by atoms with van der Waals surface area (Å²) in [6, 6.07) is 11.8. The fraction of sp³-hybridized carbons (Fsp3) is 0.304. The quantitative estimate of drug-likeness (QED) is 0.515. The lowest BCUT2D eigenvalue weighted by Crippen LogP contribution is -2.08. The molecular formula is C23H21F3O2. The molecule has 146 valence electrons. The van der Waals surface area contributed by atoms with E-state index >= 15 is 0 Å². The molecule has 3 aromatic rings. The fourth-order valence-electron chi connectivity index (χ4n) is 3.87. The first-order valence-corrected chi connectivity index (χ1v) is 9.39. The largest absolute Gasteiger partial charge is 0.497 e. The van der Waals surface area contributed by atoms with Crippen molar-refractivity contribution in [3.8, 4) is 22.6 Å². The van der Waals surface area contributed by atoms with Crippen LogP contribution in [0.25, 0.3) is 21.9 Å². The molecule has 4 rings (SSSR count). The van der Waals surface area contributed by atoms with Crippen LogP contribution in [0, 0.1) is 0 Å². The molecule has 0 saturated heterocycles. The first kappa shape index (κ1) is 18.7. The van der Waals surface area contributed by atoms with Crippen LogP contribution < -0.4 is 9.47 Å². The van der Waals surface area contributed by atoms with Gasteiger partial charge in [0.25, 0.3) is 0 Å². The van der Waals surface area contributed by atoms with Gasteiger partial charge in [-0.25, -0.2) is 0 Å². The number of halogens is 3. The Hall–Kier alpha value is -2.69. The molecule has 5 heteroatoms. The summed E-state index contributed by atoms with van der Waals surface area (Å²) in [5.74, 6) is 1.26. The standard InChI is InChI=1S/C23H21F3O2/c1-3-10-28-21-11-15-5-4-14-6-8-17(27-2)13-19(14)22(15)18-9-7-16(12-20(18)21)23(24,25)26/h6-9,11-13H,3-5,10H2,1-2H3. The van der Waals surface area contributed by atoms with Gasteiger partial charge in [0.05, 0.1) is 19.3 Å². The van der Waals surface area contributed by atoms with Crippen molar-refractivity contribution in [2.45, 2.75) is 32.4 Å². The Morgan fingerprint density at radius 2 is 1.71 bits per heavy atom. The van der Waals surface area contributed by atoms with Crippen LogP contribution in [0.3, 0.4) is 0 Å². The van der Waals surface area contributed by atoms with Gasteiger partial charge in [0.2, 0.25) is 0 Å². The van der Waals surface area contributed by atoms with Crippen molar-refractivity contribution < 1.29 is 22.6 Å². The average Bonchev–Trinajstić information content (AvgIpc) is 2.70. The summed E-state index contributed by atoms with van der Waals surface area (Å²) in [4.78, 5) is 0. The highest BCUT2D eigenvalue weighted by molar-refractivity contribution is 6.03. The Morgan fingerprint density at radius 1 is 0.929 bits per heavy atom. The number of alkyl halides is 3. The molecule has 28 heavy (non-hydrogen) atoms. The molecule has 0 fully saturated rings. The third-order valence-corrected chi connectivity index (χ3v) is 5.22. The van der Waals surface area contributed by atoms with E-state index in [0.717, 1.165) is 53.2 Å². The number of fused-ring (bicyclic) bond motifs is 5. The summed E-state index contributed by atoms with van der Waals surface area (Å²) >= 11 is 0. The van der Waals surface area contributed by atoms with Gasteiger partial charge < -0.3 is 9.47 Å². The van der Waals surface area contributed by atoms with E-state index in [9.17, 15) is 13.2 Å². The zero-order valence-corrected chi connectivity index (χ0v) is 15.8. The molecule has 0 N–H and O–H groups in total. The summed E-state index contributed by atoms with van der Waals surface area (Å²) in [6.07, 6.45) is -1.90. The Bertz CT molecular complexity index is 1040. The number of rotatable bonds is 4. The van der Waals surface area contributed by atoms with Gasteiger partial charge in [0.15, 0.2) is 0 Å².